The lowest BCUT2D eigenvalue weighted by atomic mass is 10.1. The maximum atomic E-state index is 8.83. The maximum absolute atomic E-state index is 8.83. The fourth-order valence-corrected chi connectivity index (χ4v) is 2.06. The third kappa shape index (κ3) is 3.63. The summed E-state index contributed by atoms with van der Waals surface area (Å²) in [6.45, 7) is 2.44. The van der Waals surface area contributed by atoms with Gasteiger partial charge in [-0.3, -0.25) is 0 Å². The molecule has 1 aliphatic carbocycles. The first-order chi connectivity index (χ1) is 6.26. The van der Waals surface area contributed by atoms with Crippen LogP contribution in [0.15, 0.2) is 0 Å². The van der Waals surface area contributed by atoms with Crippen LogP contribution in [0.4, 0.5) is 0 Å². The number of aliphatic hydroxyl groups is 1. The van der Waals surface area contributed by atoms with E-state index < -0.39 is 0 Å². The van der Waals surface area contributed by atoms with Crippen LogP contribution in [0, 0.1) is 0 Å². The SMILES string of the molecule is CCC(CCO)NC1CCC(N)C1. The molecule has 3 nitrogen and oxygen atoms in total. The van der Waals surface area contributed by atoms with Gasteiger partial charge < -0.3 is 16.2 Å². The molecule has 1 fully saturated rings. The molecule has 1 rings (SSSR count). The Morgan fingerprint density at radius 2 is 2.31 bits per heavy atom. The minimum atomic E-state index is 0.282. The molecule has 1 aliphatic rings. The van der Waals surface area contributed by atoms with Gasteiger partial charge in [0.05, 0.1) is 0 Å². The van der Waals surface area contributed by atoms with E-state index >= 15 is 0 Å². The van der Waals surface area contributed by atoms with E-state index in [-0.39, 0.29) is 6.61 Å². The zero-order valence-corrected chi connectivity index (χ0v) is 8.50. The molecule has 13 heavy (non-hydrogen) atoms. The molecular formula is C10H22N2O. The van der Waals surface area contributed by atoms with Gasteiger partial charge in [-0.05, 0) is 32.1 Å². The number of aliphatic hydroxyl groups excluding tert-OH is 1. The van der Waals surface area contributed by atoms with Crippen molar-refractivity contribution in [3.8, 4) is 0 Å². The average molecular weight is 186 g/mol. The summed E-state index contributed by atoms with van der Waals surface area (Å²) in [6, 6.07) is 1.45. The molecule has 78 valence electrons. The molecule has 3 atom stereocenters. The Labute approximate surface area is 80.7 Å². The van der Waals surface area contributed by atoms with Gasteiger partial charge in [0.25, 0.3) is 0 Å². The Morgan fingerprint density at radius 1 is 1.54 bits per heavy atom. The largest absolute Gasteiger partial charge is 0.396 e. The van der Waals surface area contributed by atoms with Crippen LogP contribution in [-0.4, -0.2) is 29.8 Å². The van der Waals surface area contributed by atoms with E-state index in [9.17, 15) is 0 Å². The van der Waals surface area contributed by atoms with E-state index in [1.807, 2.05) is 0 Å². The third-order valence-corrected chi connectivity index (χ3v) is 2.91. The van der Waals surface area contributed by atoms with Crippen molar-refractivity contribution in [1.82, 2.24) is 5.32 Å². The highest BCUT2D eigenvalue weighted by Crippen LogP contribution is 2.18. The quantitative estimate of drug-likeness (QED) is 0.590. The van der Waals surface area contributed by atoms with E-state index in [4.69, 9.17) is 10.8 Å². The second-order valence-corrected chi connectivity index (χ2v) is 4.05. The molecule has 0 radical (unpaired) electrons. The zero-order valence-electron chi connectivity index (χ0n) is 8.50. The van der Waals surface area contributed by atoms with Gasteiger partial charge in [-0.15, -0.1) is 0 Å². The van der Waals surface area contributed by atoms with Crippen LogP contribution >= 0.6 is 0 Å². The van der Waals surface area contributed by atoms with Crippen molar-refractivity contribution < 1.29 is 5.11 Å². The standard InChI is InChI=1S/C10H22N2O/c1-2-9(5-6-13)12-10-4-3-8(11)7-10/h8-10,12-13H,2-7,11H2,1H3. The van der Waals surface area contributed by atoms with Gasteiger partial charge >= 0.3 is 0 Å². The Kier molecular flexibility index (Phi) is 4.70. The summed E-state index contributed by atoms with van der Waals surface area (Å²) in [7, 11) is 0. The number of hydrogen-bond donors (Lipinski definition) is 3. The smallest absolute Gasteiger partial charge is 0.0445 e. The highest BCUT2D eigenvalue weighted by molar-refractivity contribution is 4.84. The van der Waals surface area contributed by atoms with Gasteiger partial charge in [0.15, 0.2) is 0 Å². The van der Waals surface area contributed by atoms with Crippen LogP contribution in [0.2, 0.25) is 0 Å². The van der Waals surface area contributed by atoms with Crippen LogP contribution < -0.4 is 11.1 Å². The molecule has 0 aromatic heterocycles. The Bertz CT molecular complexity index is 139. The predicted octanol–water partition coefficient (Wildman–Crippen LogP) is 0.617. The predicted molar refractivity (Wildman–Crippen MR) is 54.5 cm³/mol. The van der Waals surface area contributed by atoms with Crippen molar-refractivity contribution in [3.05, 3.63) is 0 Å². The Hall–Kier alpha value is -0.120. The van der Waals surface area contributed by atoms with Crippen molar-refractivity contribution in [2.75, 3.05) is 6.61 Å². The van der Waals surface area contributed by atoms with E-state index in [1.165, 1.54) is 6.42 Å². The van der Waals surface area contributed by atoms with Crippen LogP contribution in [-0.2, 0) is 0 Å². The van der Waals surface area contributed by atoms with Crippen LogP contribution in [0.25, 0.3) is 0 Å². The minimum Gasteiger partial charge on any atom is -0.396 e. The van der Waals surface area contributed by atoms with Gasteiger partial charge in [0.1, 0.15) is 0 Å². The molecule has 0 aromatic rings. The second kappa shape index (κ2) is 5.58. The molecule has 4 N–H and O–H groups in total. The highest BCUT2D eigenvalue weighted by Gasteiger charge is 2.22. The summed E-state index contributed by atoms with van der Waals surface area (Å²) in [5.41, 5.74) is 5.83. The van der Waals surface area contributed by atoms with Gasteiger partial charge in [-0.25, -0.2) is 0 Å². The maximum Gasteiger partial charge on any atom is 0.0445 e. The number of rotatable bonds is 5. The fourth-order valence-electron chi connectivity index (χ4n) is 2.06. The summed E-state index contributed by atoms with van der Waals surface area (Å²) in [5, 5.41) is 12.4. The highest BCUT2D eigenvalue weighted by atomic mass is 16.3. The Morgan fingerprint density at radius 3 is 2.77 bits per heavy atom. The first-order valence-corrected chi connectivity index (χ1v) is 5.38. The Balaban J connectivity index is 2.21. The summed E-state index contributed by atoms with van der Waals surface area (Å²) in [5.74, 6) is 0. The number of nitrogens with two attached hydrogens (primary N) is 1. The van der Waals surface area contributed by atoms with Crippen molar-refractivity contribution in [3.63, 3.8) is 0 Å². The fraction of sp³-hybridized carbons (Fsp3) is 1.00. The molecule has 3 heteroatoms. The normalized spacial score (nSPS) is 30.7. The van der Waals surface area contributed by atoms with E-state index in [1.54, 1.807) is 0 Å². The lowest BCUT2D eigenvalue weighted by molar-refractivity contribution is 0.255. The molecule has 3 unspecified atom stereocenters. The van der Waals surface area contributed by atoms with E-state index in [0.717, 1.165) is 25.7 Å². The lowest BCUT2D eigenvalue weighted by Gasteiger charge is -2.20. The number of hydrogen-bond acceptors (Lipinski definition) is 3. The third-order valence-electron chi connectivity index (χ3n) is 2.91. The van der Waals surface area contributed by atoms with E-state index in [2.05, 4.69) is 12.2 Å². The monoisotopic (exact) mass is 186 g/mol. The minimum absolute atomic E-state index is 0.282. The van der Waals surface area contributed by atoms with Gasteiger partial charge in [-0.1, -0.05) is 6.92 Å². The first-order valence-electron chi connectivity index (χ1n) is 5.38. The molecule has 0 bridgehead atoms. The topological polar surface area (TPSA) is 58.3 Å². The van der Waals surface area contributed by atoms with Crippen LogP contribution in [0.1, 0.15) is 39.0 Å². The number of nitrogens with one attached hydrogen (secondary N) is 1. The van der Waals surface area contributed by atoms with Gasteiger partial charge in [0.2, 0.25) is 0 Å². The van der Waals surface area contributed by atoms with Gasteiger partial charge in [-0.2, -0.15) is 0 Å². The molecule has 0 amide bonds. The van der Waals surface area contributed by atoms with Crippen molar-refractivity contribution >= 4 is 0 Å². The van der Waals surface area contributed by atoms with Crippen LogP contribution in [0.3, 0.4) is 0 Å². The molecule has 0 aliphatic heterocycles. The molecule has 0 saturated heterocycles. The van der Waals surface area contributed by atoms with Crippen molar-refractivity contribution in [2.24, 2.45) is 5.73 Å². The molecule has 0 aromatic carbocycles. The second-order valence-electron chi connectivity index (χ2n) is 4.05. The van der Waals surface area contributed by atoms with Crippen molar-refractivity contribution in [1.29, 1.82) is 0 Å². The van der Waals surface area contributed by atoms with E-state index in [0.29, 0.717) is 18.1 Å². The summed E-state index contributed by atoms with van der Waals surface area (Å²) in [6.07, 6.45) is 5.40. The van der Waals surface area contributed by atoms with Crippen molar-refractivity contribution in [2.45, 2.75) is 57.2 Å². The summed E-state index contributed by atoms with van der Waals surface area (Å²) in [4.78, 5) is 0. The molecule has 0 spiro atoms. The molecule has 1 saturated carbocycles. The molecular weight excluding hydrogens is 164 g/mol. The zero-order chi connectivity index (χ0) is 9.68. The summed E-state index contributed by atoms with van der Waals surface area (Å²) >= 11 is 0. The summed E-state index contributed by atoms with van der Waals surface area (Å²) < 4.78 is 0. The molecule has 0 heterocycles. The average Bonchev–Trinajstić information content (AvgIpc) is 2.50. The lowest BCUT2D eigenvalue weighted by Crippen LogP contribution is -2.37. The first kappa shape index (κ1) is 11.0. The van der Waals surface area contributed by atoms with Crippen LogP contribution in [0.5, 0.6) is 0 Å². The van der Waals surface area contributed by atoms with Gasteiger partial charge in [0, 0.05) is 24.7 Å².